The molecule has 38 heavy (non-hydrogen) atoms. The number of aliphatic hydroxyl groups is 1. The van der Waals surface area contributed by atoms with E-state index in [0.29, 0.717) is 24.1 Å². The van der Waals surface area contributed by atoms with Gasteiger partial charge in [0.2, 0.25) is 0 Å². The van der Waals surface area contributed by atoms with Gasteiger partial charge in [-0.3, -0.25) is 9.78 Å². The normalized spacial score (nSPS) is 26.8. The number of halogens is 4. The Kier molecular flexibility index (Phi) is 6.77. The van der Waals surface area contributed by atoms with Gasteiger partial charge in [-0.25, -0.2) is 21.6 Å². The van der Waals surface area contributed by atoms with E-state index in [-0.39, 0.29) is 51.8 Å². The Morgan fingerprint density at radius 3 is 2.34 bits per heavy atom. The third-order valence-corrected chi connectivity index (χ3v) is 10.6. The van der Waals surface area contributed by atoms with E-state index < -0.39 is 44.0 Å². The lowest BCUT2D eigenvalue weighted by Gasteiger charge is -2.43. The number of carbonyl (C=O) groups is 1. The first-order chi connectivity index (χ1) is 17.9. The number of benzene rings is 2. The van der Waals surface area contributed by atoms with Gasteiger partial charge in [-0.2, -0.15) is 0 Å². The summed E-state index contributed by atoms with van der Waals surface area (Å²) in [5, 5.41) is 13.1. The van der Waals surface area contributed by atoms with Crippen LogP contribution in [0.2, 0.25) is 5.02 Å². The highest BCUT2D eigenvalue weighted by atomic mass is 35.5. The zero-order valence-corrected chi connectivity index (χ0v) is 21.7. The van der Waals surface area contributed by atoms with Crippen LogP contribution in [0.25, 0.3) is 0 Å². The monoisotopic (exact) mass is 564 g/mol. The zero-order valence-electron chi connectivity index (χ0n) is 20.2. The maximum atomic E-state index is 13.8. The lowest BCUT2D eigenvalue weighted by atomic mass is 9.70. The van der Waals surface area contributed by atoms with E-state index in [1.54, 1.807) is 24.5 Å². The Bertz CT molecular complexity index is 1500. The first kappa shape index (κ1) is 26.6. The molecule has 2 aliphatic rings. The number of nitrogens with zero attached hydrogens (tertiary/aromatic N) is 1. The summed E-state index contributed by atoms with van der Waals surface area (Å²) < 4.78 is 67.9. The van der Waals surface area contributed by atoms with E-state index >= 15 is 0 Å². The molecule has 6 nitrogen and oxygen atoms in total. The molecule has 2 fully saturated rings. The van der Waals surface area contributed by atoms with Gasteiger partial charge in [0, 0.05) is 35.8 Å². The number of sulfone groups is 1. The second-order valence-electron chi connectivity index (χ2n) is 10.1. The lowest BCUT2D eigenvalue weighted by molar-refractivity contribution is -0.0699. The van der Waals surface area contributed by atoms with Crippen LogP contribution in [0.3, 0.4) is 0 Å². The molecule has 2 bridgehead atoms. The van der Waals surface area contributed by atoms with Crippen molar-refractivity contribution in [2.75, 3.05) is 5.32 Å². The topological polar surface area (TPSA) is 96.4 Å². The highest BCUT2D eigenvalue weighted by Crippen LogP contribution is 2.59. The van der Waals surface area contributed by atoms with Crippen molar-refractivity contribution in [3.05, 3.63) is 88.5 Å². The van der Waals surface area contributed by atoms with Gasteiger partial charge in [-0.05, 0) is 72.9 Å². The van der Waals surface area contributed by atoms with E-state index in [2.05, 4.69) is 10.3 Å². The smallest absolute Gasteiger partial charge is 0.255 e. The number of anilines is 1. The average Bonchev–Trinajstić information content (AvgIpc) is 3.00. The van der Waals surface area contributed by atoms with Crippen LogP contribution < -0.4 is 5.32 Å². The van der Waals surface area contributed by atoms with Crippen LogP contribution in [-0.2, 0) is 15.4 Å². The van der Waals surface area contributed by atoms with Crippen LogP contribution >= 0.6 is 11.6 Å². The molecule has 0 spiro atoms. The van der Waals surface area contributed by atoms with E-state index in [0.717, 1.165) is 6.07 Å². The number of amides is 1. The summed E-state index contributed by atoms with van der Waals surface area (Å²) in [5.41, 5.74) is -0.898. The van der Waals surface area contributed by atoms with Crippen molar-refractivity contribution in [2.24, 2.45) is 17.8 Å². The fourth-order valence-corrected chi connectivity index (χ4v) is 8.49. The Hall–Kier alpha value is -2.95. The van der Waals surface area contributed by atoms with Crippen molar-refractivity contribution in [3.8, 4) is 0 Å². The van der Waals surface area contributed by atoms with Crippen molar-refractivity contribution < 1.29 is 31.5 Å². The van der Waals surface area contributed by atoms with E-state index in [4.69, 9.17) is 11.6 Å². The van der Waals surface area contributed by atoms with Gasteiger partial charge >= 0.3 is 0 Å². The molecule has 0 saturated heterocycles. The molecule has 5 atom stereocenters. The minimum Gasteiger partial charge on any atom is -0.385 e. The van der Waals surface area contributed by atoms with Gasteiger partial charge in [0.1, 0.15) is 0 Å². The van der Waals surface area contributed by atoms with Crippen molar-refractivity contribution >= 4 is 33.0 Å². The number of rotatable bonds is 5. The zero-order chi connectivity index (χ0) is 27.4. The van der Waals surface area contributed by atoms with Crippen molar-refractivity contribution in [1.29, 1.82) is 0 Å². The van der Waals surface area contributed by atoms with Crippen LogP contribution in [0.1, 0.15) is 42.1 Å². The molecule has 1 heterocycles. The van der Waals surface area contributed by atoms with E-state index in [1.165, 1.54) is 12.1 Å². The lowest BCUT2D eigenvalue weighted by Crippen LogP contribution is -2.46. The van der Waals surface area contributed by atoms with Crippen LogP contribution in [0, 0.1) is 35.2 Å². The van der Waals surface area contributed by atoms with Gasteiger partial charge < -0.3 is 10.4 Å². The van der Waals surface area contributed by atoms with Gasteiger partial charge in [0.05, 0.1) is 20.8 Å². The molecule has 3 aromatic rings. The Balaban J connectivity index is 1.43. The molecule has 200 valence electrons. The molecular formula is C27H24ClF3N2O4S. The average molecular weight is 565 g/mol. The number of hydrogen-bond acceptors (Lipinski definition) is 5. The molecule has 1 aromatic heterocycles. The van der Waals surface area contributed by atoms with Gasteiger partial charge in [-0.15, -0.1) is 0 Å². The first-order valence-electron chi connectivity index (χ1n) is 12.0. The van der Waals surface area contributed by atoms with Crippen molar-refractivity contribution in [2.45, 2.75) is 41.9 Å². The summed E-state index contributed by atoms with van der Waals surface area (Å²) in [4.78, 5) is 16.5. The molecule has 2 N–H and O–H groups in total. The maximum absolute atomic E-state index is 13.8. The number of fused-ring (bicyclic) bond motifs is 2. The third kappa shape index (κ3) is 4.38. The quantitative estimate of drug-likeness (QED) is 0.399. The molecule has 2 saturated carbocycles. The number of pyridine rings is 1. The van der Waals surface area contributed by atoms with Crippen LogP contribution in [-0.4, -0.2) is 29.7 Å². The number of nitrogens with one attached hydrogen (secondary N) is 1. The molecule has 2 aliphatic carbocycles. The molecule has 0 radical (unpaired) electrons. The Labute approximate surface area is 222 Å². The number of aromatic nitrogens is 1. The fraction of sp³-hybridized carbons (Fsp3) is 0.333. The minimum absolute atomic E-state index is 0.0733. The molecule has 0 aliphatic heterocycles. The predicted molar refractivity (Wildman–Crippen MR) is 135 cm³/mol. The Morgan fingerprint density at radius 2 is 1.71 bits per heavy atom. The summed E-state index contributed by atoms with van der Waals surface area (Å²) >= 11 is 6.28. The standard InChI is InChI=1S/C27H24ClF3N2O4S/c1-14-8-17-10-19(13-20(14)27(17,35)16-4-6-32-7-5-16)38(36,37)24-9-15(2-3-21(24)28)26(34)33-18-11-22(29)25(31)23(30)12-18/h2-7,9,11-12,14,17,19-20,35H,8,10,13H2,1H3,(H,33,34)/t14-,17?,19?,20?,27+/m0/s1. The Morgan fingerprint density at radius 1 is 1.05 bits per heavy atom. The van der Waals surface area contributed by atoms with Gasteiger partial charge in [0.25, 0.3) is 5.91 Å². The van der Waals surface area contributed by atoms with Gasteiger partial charge in [-0.1, -0.05) is 18.5 Å². The molecule has 5 rings (SSSR count). The number of carbonyl (C=O) groups excluding carboxylic acids is 1. The third-order valence-electron chi connectivity index (χ3n) is 7.92. The minimum atomic E-state index is -4.03. The first-order valence-corrected chi connectivity index (χ1v) is 14.0. The summed E-state index contributed by atoms with van der Waals surface area (Å²) in [7, 11) is -4.03. The van der Waals surface area contributed by atoms with Crippen LogP contribution in [0.5, 0.6) is 0 Å². The summed E-state index contributed by atoms with van der Waals surface area (Å²) in [6.45, 7) is 2.00. The second kappa shape index (κ2) is 9.66. The summed E-state index contributed by atoms with van der Waals surface area (Å²) in [6, 6.07) is 8.41. The largest absolute Gasteiger partial charge is 0.385 e. The SMILES string of the molecule is C[C@H]1CC2CC(S(=O)(=O)c3cc(C(=O)Nc4cc(F)c(F)c(F)c4)ccc3Cl)CC1[C@@]2(O)c1ccncc1. The van der Waals surface area contributed by atoms with Crippen LogP contribution in [0.4, 0.5) is 18.9 Å². The van der Waals surface area contributed by atoms with Crippen LogP contribution in [0.15, 0.2) is 59.8 Å². The predicted octanol–water partition coefficient (Wildman–Crippen LogP) is 5.50. The maximum Gasteiger partial charge on any atom is 0.255 e. The van der Waals surface area contributed by atoms with E-state index in [9.17, 15) is 31.5 Å². The molecular weight excluding hydrogens is 541 g/mol. The summed E-state index contributed by atoms with van der Waals surface area (Å²) in [5.74, 6) is -6.01. The van der Waals surface area contributed by atoms with Crippen molar-refractivity contribution in [1.82, 2.24) is 4.98 Å². The van der Waals surface area contributed by atoms with Crippen molar-refractivity contribution in [3.63, 3.8) is 0 Å². The molecule has 3 unspecified atom stereocenters. The number of hydrogen-bond donors (Lipinski definition) is 2. The van der Waals surface area contributed by atoms with E-state index in [1.807, 2.05) is 6.92 Å². The fourth-order valence-electron chi connectivity index (χ4n) is 6.11. The molecule has 11 heteroatoms. The molecule has 1 amide bonds. The summed E-state index contributed by atoms with van der Waals surface area (Å²) in [6.07, 6.45) is 4.29. The van der Waals surface area contributed by atoms with Gasteiger partial charge in [0.15, 0.2) is 27.3 Å². The molecule has 2 aromatic carbocycles. The second-order valence-corrected chi connectivity index (χ2v) is 12.7. The highest BCUT2D eigenvalue weighted by molar-refractivity contribution is 7.92. The highest BCUT2D eigenvalue weighted by Gasteiger charge is 2.59.